The third kappa shape index (κ3) is 4.26. The molecule has 0 aliphatic carbocycles. The summed E-state index contributed by atoms with van der Waals surface area (Å²) in [6.45, 7) is 5.60. The molecule has 31 heavy (non-hydrogen) atoms. The normalized spacial score (nSPS) is 21.9. The molecule has 2 amide bonds. The quantitative estimate of drug-likeness (QED) is 0.732. The summed E-state index contributed by atoms with van der Waals surface area (Å²) in [5.74, 6) is 0.461. The summed E-state index contributed by atoms with van der Waals surface area (Å²) in [5, 5.41) is 11.8. The number of primary amides is 1. The highest BCUT2D eigenvalue weighted by Crippen LogP contribution is 2.33. The van der Waals surface area contributed by atoms with Gasteiger partial charge in [0, 0.05) is 31.5 Å². The minimum atomic E-state index is -0.557. The number of aromatic nitrogens is 3. The Morgan fingerprint density at radius 1 is 1.29 bits per heavy atom. The third-order valence-electron chi connectivity index (χ3n) is 6.33. The van der Waals surface area contributed by atoms with Crippen LogP contribution in [0, 0.1) is 11.7 Å². The van der Waals surface area contributed by atoms with Crippen molar-refractivity contribution in [1.82, 2.24) is 20.1 Å². The molecular weight excluding hydrogens is 399 g/mol. The number of piperidine rings is 1. The fraction of sp³-hybridized carbons (Fsp3) is 0.545. The first-order chi connectivity index (χ1) is 14.8. The van der Waals surface area contributed by atoms with Gasteiger partial charge in [0.05, 0.1) is 12.0 Å². The average Bonchev–Trinajstić information content (AvgIpc) is 3.34. The summed E-state index contributed by atoms with van der Waals surface area (Å²) in [6.07, 6.45) is 2.66. The summed E-state index contributed by atoms with van der Waals surface area (Å²) in [6, 6.07) is 6.52. The molecule has 0 saturated carbocycles. The van der Waals surface area contributed by atoms with Crippen molar-refractivity contribution < 1.29 is 14.0 Å². The fourth-order valence-corrected chi connectivity index (χ4v) is 4.64. The molecule has 1 aromatic carbocycles. The van der Waals surface area contributed by atoms with Crippen LogP contribution in [0.3, 0.4) is 0 Å². The zero-order chi connectivity index (χ0) is 22.2. The van der Waals surface area contributed by atoms with Gasteiger partial charge < -0.3 is 16.0 Å². The lowest BCUT2D eigenvalue weighted by atomic mass is 9.84. The Morgan fingerprint density at radius 2 is 2.06 bits per heavy atom. The number of hydrogen-bond acceptors (Lipinski definition) is 5. The number of halogens is 1. The number of amides is 2. The molecule has 3 N–H and O–H groups in total. The summed E-state index contributed by atoms with van der Waals surface area (Å²) in [7, 11) is 0. The number of carbonyl (C=O) groups excluding carboxylic acids is 2. The molecule has 2 aromatic rings. The molecule has 2 unspecified atom stereocenters. The van der Waals surface area contributed by atoms with Gasteiger partial charge in [-0.1, -0.05) is 32.0 Å². The molecule has 2 aliphatic heterocycles. The van der Waals surface area contributed by atoms with Crippen LogP contribution in [-0.4, -0.2) is 39.7 Å². The van der Waals surface area contributed by atoms with Crippen LogP contribution in [0.4, 0.5) is 10.3 Å². The maximum atomic E-state index is 14.6. The Bertz CT molecular complexity index is 988. The Balaban J connectivity index is 1.71. The largest absolute Gasteiger partial charge is 0.369 e. The van der Waals surface area contributed by atoms with Crippen molar-refractivity contribution >= 4 is 17.8 Å². The number of anilines is 1. The van der Waals surface area contributed by atoms with E-state index in [2.05, 4.69) is 15.5 Å². The van der Waals surface area contributed by atoms with E-state index in [-0.39, 0.29) is 29.6 Å². The van der Waals surface area contributed by atoms with Gasteiger partial charge in [-0.2, -0.15) is 0 Å². The Morgan fingerprint density at radius 3 is 2.74 bits per heavy atom. The average molecular weight is 429 g/mol. The maximum Gasteiger partial charge on any atom is 0.227 e. The second kappa shape index (κ2) is 8.28. The minimum Gasteiger partial charge on any atom is -0.369 e. The summed E-state index contributed by atoms with van der Waals surface area (Å²) < 4.78 is 16.6. The molecule has 0 spiro atoms. The van der Waals surface area contributed by atoms with Crippen LogP contribution in [0.1, 0.15) is 57.0 Å². The van der Waals surface area contributed by atoms with Crippen LogP contribution in [-0.2, 0) is 21.5 Å². The van der Waals surface area contributed by atoms with Gasteiger partial charge in [-0.05, 0) is 30.9 Å². The zero-order valence-electron chi connectivity index (χ0n) is 18.0. The second-order valence-corrected chi connectivity index (χ2v) is 9.15. The number of benzene rings is 1. The molecule has 2 saturated heterocycles. The molecule has 4 rings (SSSR count). The van der Waals surface area contributed by atoms with E-state index in [1.807, 2.05) is 29.4 Å². The van der Waals surface area contributed by atoms with Crippen molar-refractivity contribution in [3.63, 3.8) is 0 Å². The molecule has 8 nitrogen and oxygen atoms in total. The van der Waals surface area contributed by atoms with Crippen LogP contribution in [0.15, 0.2) is 24.3 Å². The third-order valence-corrected chi connectivity index (χ3v) is 6.33. The Kier molecular flexibility index (Phi) is 5.68. The van der Waals surface area contributed by atoms with E-state index in [9.17, 15) is 14.0 Å². The van der Waals surface area contributed by atoms with Crippen molar-refractivity contribution in [2.75, 3.05) is 18.0 Å². The summed E-state index contributed by atoms with van der Waals surface area (Å²) in [5.41, 5.74) is 5.61. The first kappa shape index (κ1) is 21.3. The monoisotopic (exact) mass is 428 g/mol. The lowest BCUT2D eigenvalue weighted by Gasteiger charge is -2.34. The van der Waals surface area contributed by atoms with Crippen LogP contribution in [0.2, 0.25) is 0 Å². The van der Waals surface area contributed by atoms with Crippen LogP contribution < -0.4 is 16.0 Å². The second-order valence-electron chi connectivity index (χ2n) is 9.15. The first-order valence-electron chi connectivity index (χ1n) is 10.8. The molecule has 2 atom stereocenters. The van der Waals surface area contributed by atoms with Gasteiger partial charge >= 0.3 is 0 Å². The van der Waals surface area contributed by atoms with Crippen molar-refractivity contribution in [2.24, 2.45) is 11.7 Å². The van der Waals surface area contributed by atoms with E-state index in [0.717, 1.165) is 19.4 Å². The van der Waals surface area contributed by atoms with Crippen molar-refractivity contribution in [1.29, 1.82) is 0 Å². The Labute approximate surface area is 181 Å². The van der Waals surface area contributed by atoms with Crippen LogP contribution in [0.5, 0.6) is 0 Å². The van der Waals surface area contributed by atoms with Crippen molar-refractivity contribution in [3.05, 3.63) is 41.5 Å². The highest BCUT2D eigenvalue weighted by Gasteiger charge is 2.35. The summed E-state index contributed by atoms with van der Waals surface area (Å²) >= 11 is 0. The molecule has 2 aliphatic rings. The number of hydrogen-bond donors (Lipinski definition) is 2. The van der Waals surface area contributed by atoms with Gasteiger partial charge in [0.25, 0.3) is 0 Å². The number of nitrogens with zero attached hydrogens (tertiary/aromatic N) is 4. The standard InChI is InChI=1S/C22H29FN6O2/c1-22(2,15-7-3-4-8-16(15)23)13-29-20(17-9-10-18(30)25-17)26-27-21(29)28-11-5-6-14(12-28)19(24)31/h3-4,7-8,14,17H,5-6,9-13H2,1-2H3,(H2,24,31)(H,25,30). The van der Waals surface area contributed by atoms with Gasteiger partial charge in [0.15, 0.2) is 5.82 Å². The Hall–Kier alpha value is -2.97. The molecular formula is C22H29FN6O2. The smallest absolute Gasteiger partial charge is 0.227 e. The predicted molar refractivity (Wildman–Crippen MR) is 114 cm³/mol. The van der Waals surface area contributed by atoms with Gasteiger partial charge in [-0.15, -0.1) is 10.2 Å². The van der Waals surface area contributed by atoms with E-state index in [1.165, 1.54) is 6.07 Å². The lowest BCUT2D eigenvalue weighted by molar-refractivity contribution is -0.122. The fourth-order valence-electron chi connectivity index (χ4n) is 4.64. The molecule has 0 bridgehead atoms. The molecule has 1 aromatic heterocycles. The van der Waals surface area contributed by atoms with Gasteiger partial charge in [0.1, 0.15) is 5.82 Å². The number of carbonyl (C=O) groups is 2. The highest BCUT2D eigenvalue weighted by molar-refractivity contribution is 5.78. The summed E-state index contributed by atoms with van der Waals surface area (Å²) in [4.78, 5) is 25.6. The first-order valence-corrected chi connectivity index (χ1v) is 10.8. The lowest BCUT2D eigenvalue weighted by Crippen LogP contribution is -2.43. The van der Waals surface area contributed by atoms with E-state index < -0.39 is 5.41 Å². The number of rotatable bonds is 6. The predicted octanol–water partition coefficient (Wildman–Crippen LogP) is 2.05. The molecule has 3 heterocycles. The van der Waals surface area contributed by atoms with Gasteiger partial charge in [-0.3, -0.25) is 14.2 Å². The number of nitrogens with one attached hydrogen (secondary N) is 1. The van der Waals surface area contributed by atoms with E-state index in [4.69, 9.17) is 5.73 Å². The maximum absolute atomic E-state index is 14.6. The van der Waals surface area contributed by atoms with Crippen molar-refractivity contribution in [2.45, 2.75) is 57.5 Å². The topological polar surface area (TPSA) is 106 Å². The van der Waals surface area contributed by atoms with Gasteiger partial charge in [0.2, 0.25) is 17.8 Å². The van der Waals surface area contributed by atoms with E-state index in [1.54, 1.807) is 12.1 Å². The number of nitrogens with two attached hydrogens (primary N) is 1. The molecule has 0 radical (unpaired) electrons. The molecule has 166 valence electrons. The van der Waals surface area contributed by atoms with Gasteiger partial charge in [-0.25, -0.2) is 4.39 Å². The van der Waals surface area contributed by atoms with E-state index in [0.29, 0.717) is 43.3 Å². The zero-order valence-corrected chi connectivity index (χ0v) is 18.0. The SMILES string of the molecule is CC(C)(Cn1c(C2CCC(=O)N2)nnc1N1CCCC(C(N)=O)C1)c1ccccc1F. The van der Waals surface area contributed by atoms with Crippen LogP contribution in [0.25, 0.3) is 0 Å². The van der Waals surface area contributed by atoms with E-state index >= 15 is 0 Å². The highest BCUT2D eigenvalue weighted by atomic mass is 19.1. The van der Waals surface area contributed by atoms with Crippen molar-refractivity contribution in [3.8, 4) is 0 Å². The minimum absolute atomic E-state index is 0.0128. The molecule has 9 heteroatoms. The molecule has 2 fully saturated rings. The van der Waals surface area contributed by atoms with Crippen LogP contribution >= 0.6 is 0 Å².